The van der Waals surface area contributed by atoms with Crippen LogP contribution in [-0.2, 0) is 9.59 Å². The fraction of sp³-hybridized carbons (Fsp3) is 0.273. The summed E-state index contributed by atoms with van der Waals surface area (Å²) in [7, 11) is 0. The molecular formula is C22H22FN3O2. The van der Waals surface area contributed by atoms with E-state index in [-0.39, 0.29) is 17.6 Å². The van der Waals surface area contributed by atoms with Crippen LogP contribution in [0.5, 0.6) is 0 Å². The van der Waals surface area contributed by atoms with Gasteiger partial charge in [-0.05, 0) is 36.4 Å². The molecule has 2 heterocycles. The number of piperazine rings is 1. The van der Waals surface area contributed by atoms with Crippen LogP contribution in [0, 0.1) is 5.82 Å². The molecule has 0 atom stereocenters. The molecule has 1 saturated heterocycles. The summed E-state index contributed by atoms with van der Waals surface area (Å²) in [5.41, 5.74) is 1.86. The molecule has 0 radical (unpaired) electrons. The Kier molecular flexibility index (Phi) is 4.96. The molecule has 0 bridgehead atoms. The van der Waals surface area contributed by atoms with E-state index in [0.29, 0.717) is 35.6 Å². The van der Waals surface area contributed by atoms with Crippen molar-refractivity contribution in [3.05, 3.63) is 71.7 Å². The van der Waals surface area contributed by atoms with E-state index in [0.717, 1.165) is 19.6 Å². The predicted molar refractivity (Wildman–Crippen MR) is 106 cm³/mol. The van der Waals surface area contributed by atoms with E-state index in [1.54, 1.807) is 36.4 Å². The molecule has 144 valence electrons. The highest BCUT2D eigenvalue weighted by atomic mass is 19.1. The molecule has 0 spiro atoms. The summed E-state index contributed by atoms with van der Waals surface area (Å²) in [6.45, 7) is 6.10. The summed E-state index contributed by atoms with van der Waals surface area (Å²) in [4.78, 5) is 32.2. The standard InChI is InChI=1S/C22H22FN3O2/c1-2-24-12-14-25(15-13-24)20-19(16-8-10-17(23)11-9-16)21(27)26(22(20)28)18-6-4-3-5-7-18/h3-11H,2,12-15H2,1H3. The van der Waals surface area contributed by atoms with Crippen LogP contribution < -0.4 is 4.90 Å². The fourth-order valence-electron chi connectivity index (χ4n) is 3.79. The summed E-state index contributed by atoms with van der Waals surface area (Å²) in [5.74, 6) is -1.06. The van der Waals surface area contributed by atoms with Gasteiger partial charge in [-0.1, -0.05) is 37.3 Å². The molecule has 1 fully saturated rings. The lowest BCUT2D eigenvalue weighted by Gasteiger charge is -2.36. The molecule has 0 aromatic heterocycles. The average molecular weight is 379 g/mol. The first-order valence-corrected chi connectivity index (χ1v) is 9.51. The van der Waals surface area contributed by atoms with E-state index in [9.17, 15) is 14.0 Å². The van der Waals surface area contributed by atoms with Crippen molar-refractivity contribution >= 4 is 23.1 Å². The number of hydrogen-bond acceptors (Lipinski definition) is 4. The van der Waals surface area contributed by atoms with Gasteiger partial charge in [0.05, 0.1) is 11.3 Å². The number of likely N-dealkylation sites (N-methyl/N-ethyl adjacent to an activating group) is 1. The van der Waals surface area contributed by atoms with Crippen molar-refractivity contribution in [2.75, 3.05) is 37.6 Å². The Bertz CT molecular complexity index is 917. The topological polar surface area (TPSA) is 43.9 Å². The van der Waals surface area contributed by atoms with Crippen molar-refractivity contribution in [1.29, 1.82) is 0 Å². The van der Waals surface area contributed by atoms with Gasteiger partial charge in [-0.2, -0.15) is 0 Å². The Hall–Kier alpha value is -2.99. The maximum absolute atomic E-state index is 13.4. The summed E-state index contributed by atoms with van der Waals surface area (Å²) in [6, 6.07) is 14.7. The number of amides is 2. The summed E-state index contributed by atoms with van der Waals surface area (Å²) < 4.78 is 13.4. The first-order valence-electron chi connectivity index (χ1n) is 9.51. The SMILES string of the molecule is CCN1CCN(C2=C(c3ccc(F)cc3)C(=O)N(c3ccccc3)C2=O)CC1. The zero-order chi connectivity index (χ0) is 19.7. The smallest absolute Gasteiger partial charge is 0.282 e. The number of nitrogens with zero attached hydrogens (tertiary/aromatic N) is 3. The lowest BCUT2D eigenvalue weighted by molar-refractivity contribution is -0.120. The molecular weight excluding hydrogens is 357 g/mol. The molecule has 6 heteroatoms. The third kappa shape index (κ3) is 3.20. The number of carbonyl (C=O) groups excluding carboxylic acids is 2. The number of carbonyl (C=O) groups is 2. The number of rotatable bonds is 4. The van der Waals surface area contributed by atoms with Crippen LogP contribution >= 0.6 is 0 Å². The predicted octanol–water partition coefficient (Wildman–Crippen LogP) is 2.75. The molecule has 2 aliphatic heterocycles. The number of imide groups is 1. The fourth-order valence-corrected chi connectivity index (χ4v) is 3.79. The quantitative estimate of drug-likeness (QED) is 0.767. The second-order valence-electron chi connectivity index (χ2n) is 6.93. The van der Waals surface area contributed by atoms with Crippen molar-refractivity contribution in [3.63, 3.8) is 0 Å². The van der Waals surface area contributed by atoms with Crippen LogP contribution in [0.15, 0.2) is 60.3 Å². The molecule has 2 aromatic rings. The van der Waals surface area contributed by atoms with E-state index in [1.807, 2.05) is 11.0 Å². The van der Waals surface area contributed by atoms with Gasteiger partial charge in [0.25, 0.3) is 11.8 Å². The summed E-state index contributed by atoms with van der Waals surface area (Å²) in [6.07, 6.45) is 0. The third-order valence-corrected chi connectivity index (χ3v) is 5.34. The molecule has 0 unspecified atom stereocenters. The molecule has 5 nitrogen and oxygen atoms in total. The monoisotopic (exact) mass is 379 g/mol. The van der Waals surface area contributed by atoms with Crippen LogP contribution in [0.3, 0.4) is 0 Å². The van der Waals surface area contributed by atoms with Crippen LogP contribution in [-0.4, -0.2) is 54.3 Å². The largest absolute Gasteiger partial charge is 0.364 e. The van der Waals surface area contributed by atoms with Gasteiger partial charge < -0.3 is 9.80 Å². The number of para-hydroxylation sites is 1. The second kappa shape index (κ2) is 7.56. The Balaban J connectivity index is 1.77. The maximum atomic E-state index is 13.4. The Labute approximate surface area is 163 Å². The molecule has 2 aliphatic rings. The first-order chi connectivity index (χ1) is 13.6. The molecule has 0 N–H and O–H groups in total. The summed E-state index contributed by atoms with van der Waals surface area (Å²) >= 11 is 0. The van der Waals surface area contributed by atoms with Gasteiger partial charge in [-0.15, -0.1) is 0 Å². The van der Waals surface area contributed by atoms with Gasteiger partial charge in [0.1, 0.15) is 11.5 Å². The minimum atomic E-state index is -0.376. The second-order valence-corrected chi connectivity index (χ2v) is 6.93. The van der Waals surface area contributed by atoms with Gasteiger partial charge in [0, 0.05) is 26.2 Å². The van der Waals surface area contributed by atoms with Crippen LogP contribution in [0.2, 0.25) is 0 Å². The number of hydrogen-bond donors (Lipinski definition) is 0. The van der Waals surface area contributed by atoms with Crippen molar-refractivity contribution < 1.29 is 14.0 Å². The lowest BCUT2D eigenvalue weighted by atomic mass is 10.0. The third-order valence-electron chi connectivity index (χ3n) is 5.34. The van der Waals surface area contributed by atoms with Gasteiger partial charge >= 0.3 is 0 Å². The normalized spacial score (nSPS) is 18.4. The first kappa shape index (κ1) is 18.4. The van der Waals surface area contributed by atoms with E-state index in [2.05, 4.69) is 11.8 Å². The highest BCUT2D eigenvalue weighted by molar-refractivity contribution is 6.45. The molecule has 4 rings (SSSR count). The Morgan fingerprint density at radius 2 is 1.50 bits per heavy atom. The van der Waals surface area contributed by atoms with Gasteiger partial charge in [-0.3, -0.25) is 9.59 Å². The van der Waals surface area contributed by atoms with Gasteiger partial charge in [-0.25, -0.2) is 9.29 Å². The molecule has 0 saturated carbocycles. The zero-order valence-electron chi connectivity index (χ0n) is 15.8. The number of halogens is 1. The molecule has 2 amide bonds. The van der Waals surface area contributed by atoms with E-state index in [1.165, 1.54) is 17.0 Å². The maximum Gasteiger partial charge on any atom is 0.282 e. The van der Waals surface area contributed by atoms with E-state index >= 15 is 0 Å². The minimum Gasteiger partial charge on any atom is -0.364 e. The number of anilines is 1. The average Bonchev–Trinajstić information content (AvgIpc) is 2.99. The van der Waals surface area contributed by atoms with E-state index in [4.69, 9.17) is 0 Å². The van der Waals surface area contributed by atoms with Crippen LogP contribution in [0.1, 0.15) is 12.5 Å². The highest BCUT2D eigenvalue weighted by Gasteiger charge is 2.42. The van der Waals surface area contributed by atoms with Crippen molar-refractivity contribution in [2.45, 2.75) is 6.92 Å². The molecule has 0 aliphatic carbocycles. The number of benzene rings is 2. The molecule has 2 aromatic carbocycles. The van der Waals surface area contributed by atoms with Crippen LogP contribution in [0.4, 0.5) is 10.1 Å². The van der Waals surface area contributed by atoms with Crippen molar-refractivity contribution in [3.8, 4) is 0 Å². The van der Waals surface area contributed by atoms with Gasteiger partial charge in [0.15, 0.2) is 0 Å². The van der Waals surface area contributed by atoms with Gasteiger partial charge in [0.2, 0.25) is 0 Å². The van der Waals surface area contributed by atoms with Crippen molar-refractivity contribution in [1.82, 2.24) is 9.80 Å². The lowest BCUT2D eigenvalue weighted by Crippen LogP contribution is -2.47. The highest BCUT2D eigenvalue weighted by Crippen LogP contribution is 2.35. The van der Waals surface area contributed by atoms with E-state index < -0.39 is 0 Å². The van der Waals surface area contributed by atoms with Crippen LogP contribution in [0.25, 0.3) is 5.57 Å². The Morgan fingerprint density at radius 1 is 0.857 bits per heavy atom. The molecule has 28 heavy (non-hydrogen) atoms. The summed E-state index contributed by atoms with van der Waals surface area (Å²) in [5, 5.41) is 0. The Morgan fingerprint density at radius 3 is 2.11 bits per heavy atom. The minimum absolute atomic E-state index is 0.319. The zero-order valence-corrected chi connectivity index (χ0v) is 15.8. The van der Waals surface area contributed by atoms with Crippen molar-refractivity contribution in [2.24, 2.45) is 0 Å².